The van der Waals surface area contributed by atoms with Crippen molar-refractivity contribution in [3.05, 3.63) is 53.4 Å². The van der Waals surface area contributed by atoms with E-state index in [-0.39, 0.29) is 17.2 Å². The molecule has 0 bridgehead atoms. The van der Waals surface area contributed by atoms with Gasteiger partial charge in [0.2, 0.25) is 0 Å². The van der Waals surface area contributed by atoms with E-state index in [2.05, 4.69) is 19.9 Å². The van der Waals surface area contributed by atoms with E-state index in [1.807, 2.05) is 24.3 Å². The van der Waals surface area contributed by atoms with Crippen molar-refractivity contribution in [2.45, 2.75) is 25.7 Å². The van der Waals surface area contributed by atoms with Crippen molar-refractivity contribution >= 4 is 45.1 Å². The van der Waals surface area contributed by atoms with Gasteiger partial charge in [0.05, 0.1) is 5.39 Å². The van der Waals surface area contributed by atoms with Crippen LogP contribution in [0, 0.1) is 5.82 Å². The molecule has 0 radical (unpaired) electrons. The maximum Gasteiger partial charge on any atom is 0.341 e. The van der Waals surface area contributed by atoms with E-state index in [9.17, 15) is 4.79 Å². The maximum atomic E-state index is 16.0. The summed E-state index contributed by atoms with van der Waals surface area (Å²) >= 11 is 6.46. The van der Waals surface area contributed by atoms with E-state index in [1.165, 1.54) is 0 Å². The lowest BCUT2D eigenvalue weighted by molar-refractivity contribution is -0.139. The van der Waals surface area contributed by atoms with Crippen LogP contribution in [0.2, 0.25) is 5.02 Å². The fourth-order valence-corrected chi connectivity index (χ4v) is 4.70. The summed E-state index contributed by atoms with van der Waals surface area (Å²) in [5.74, 6) is -1.30. The Morgan fingerprint density at radius 3 is 2.56 bits per heavy atom. The molecule has 34 heavy (non-hydrogen) atoms. The topological polar surface area (TPSA) is 88.4 Å². The van der Waals surface area contributed by atoms with Gasteiger partial charge in [-0.05, 0) is 24.3 Å². The molecular formula is C25H22ClFN4O3. The molecule has 0 spiro atoms. The molecule has 1 saturated heterocycles. The first-order chi connectivity index (χ1) is 16.5. The fraction of sp³-hybridized carbons (Fsp3) is 0.280. The molecule has 1 aliphatic rings. The van der Waals surface area contributed by atoms with E-state index in [0.29, 0.717) is 27.2 Å². The smallest absolute Gasteiger partial charge is 0.341 e. The van der Waals surface area contributed by atoms with E-state index >= 15 is 4.39 Å². The molecule has 1 aliphatic heterocycles. The predicted octanol–water partition coefficient (Wildman–Crippen LogP) is 5.48. The Bertz CT molecular complexity index is 1380. The number of nitrogens with zero attached hydrogens (tertiary/aromatic N) is 4. The van der Waals surface area contributed by atoms with Gasteiger partial charge >= 0.3 is 12.0 Å². The average Bonchev–Trinajstić information content (AvgIpc) is 3.12. The molecule has 0 amide bonds. The molecule has 2 aromatic heterocycles. The van der Waals surface area contributed by atoms with Crippen molar-refractivity contribution in [3.63, 3.8) is 0 Å². The number of carboxylic acids is 1. The van der Waals surface area contributed by atoms with Gasteiger partial charge in [0.15, 0.2) is 12.4 Å². The second-order valence-electron chi connectivity index (χ2n) is 8.24. The number of hydrogen-bond acceptors (Lipinski definition) is 6. The summed E-state index contributed by atoms with van der Waals surface area (Å²) in [6.45, 7) is 0.892. The number of benzene rings is 2. The molecule has 1 N–H and O–H groups in total. The second-order valence-corrected chi connectivity index (χ2v) is 8.65. The van der Waals surface area contributed by atoms with Gasteiger partial charge in [0.25, 0.3) is 0 Å². The van der Waals surface area contributed by atoms with Crippen molar-refractivity contribution in [1.82, 2.24) is 15.0 Å². The van der Waals surface area contributed by atoms with Gasteiger partial charge in [-0.3, -0.25) is 4.98 Å². The Morgan fingerprint density at radius 1 is 1.09 bits per heavy atom. The van der Waals surface area contributed by atoms with E-state index in [0.717, 1.165) is 44.2 Å². The maximum absolute atomic E-state index is 16.0. The largest absolute Gasteiger partial charge is 0.479 e. The first-order valence-corrected chi connectivity index (χ1v) is 11.5. The van der Waals surface area contributed by atoms with Crippen molar-refractivity contribution in [3.8, 4) is 17.3 Å². The normalized spacial score (nSPS) is 14.4. The van der Waals surface area contributed by atoms with Gasteiger partial charge in [-0.1, -0.05) is 54.8 Å². The SMILES string of the molecule is O=C(O)COc1nc(N2CCCCCC2)c2cnc(-c3cccc4cccc(Cl)c34)c(F)c2n1. The van der Waals surface area contributed by atoms with Crippen LogP contribution in [-0.4, -0.2) is 45.7 Å². The molecule has 2 aromatic carbocycles. The number of aliphatic carboxylic acids is 1. The van der Waals surface area contributed by atoms with Crippen molar-refractivity contribution in [2.24, 2.45) is 0 Å². The summed E-state index contributed by atoms with van der Waals surface area (Å²) < 4.78 is 21.3. The van der Waals surface area contributed by atoms with Crippen LogP contribution in [0.4, 0.5) is 10.2 Å². The molecule has 4 aromatic rings. The summed E-state index contributed by atoms with van der Waals surface area (Å²) in [5, 5.41) is 11.5. The van der Waals surface area contributed by atoms with Gasteiger partial charge in [-0.15, -0.1) is 0 Å². The Kier molecular flexibility index (Phi) is 6.15. The van der Waals surface area contributed by atoms with Crippen LogP contribution in [0.1, 0.15) is 25.7 Å². The predicted molar refractivity (Wildman–Crippen MR) is 129 cm³/mol. The monoisotopic (exact) mass is 480 g/mol. The number of carbonyl (C=O) groups is 1. The lowest BCUT2D eigenvalue weighted by atomic mass is 10.0. The van der Waals surface area contributed by atoms with Crippen molar-refractivity contribution in [2.75, 3.05) is 24.6 Å². The quantitative estimate of drug-likeness (QED) is 0.404. The number of halogens is 2. The number of hydrogen-bond donors (Lipinski definition) is 1. The first-order valence-electron chi connectivity index (χ1n) is 11.2. The average molecular weight is 481 g/mol. The number of rotatable bonds is 5. The first kappa shape index (κ1) is 22.3. The Morgan fingerprint density at radius 2 is 1.82 bits per heavy atom. The molecule has 0 unspecified atom stereocenters. The lowest BCUT2D eigenvalue weighted by Gasteiger charge is -2.23. The fourth-order valence-electron chi connectivity index (χ4n) is 4.42. The summed E-state index contributed by atoms with van der Waals surface area (Å²) in [7, 11) is 0. The zero-order chi connectivity index (χ0) is 23.7. The van der Waals surface area contributed by atoms with Crippen LogP contribution in [0.5, 0.6) is 6.01 Å². The van der Waals surface area contributed by atoms with Gasteiger partial charge in [0, 0.05) is 35.3 Å². The second kappa shape index (κ2) is 9.38. The number of anilines is 1. The summed E-state index contributed by atoms with van der Waals surface area (Å²) in [6, 6.07) is 10.8. The van der Waals surface area contributed by atoms with Gasteiger partial charge in [0.1, 0.15) is 17.0 Å². The number of ether oxygens (including phenoxy) is 1. The van der Waals surface area contributed by atoms with Crippen LogP contribution < -0.4 is 9.64 Å². The molecule has 7 nitrogen and oxygen atoms in total. The number of carboxylic acid groups (broad SMARTS) is 1. The summed E-state index contributed by atoms with van der Waals surface area (Å²) in [4.78, 5) is 26.3. The third-order valence-electron chi connectivity index (χ3n) is 5.98. The van der Waals surface area contributed by atoms with Crippen LogP contribution in [0.25, 0.3) is 32.9 Å². The van der Waals surface area contributed by atoms with E-state index in [4.69, 9.17) is 21.4 Å². The minimum Gasteiger partial charge on any atom is -0.479 e. The van der Waals surface area contributed by atoms with Gasteiger partial charge in [-0.2, -0.15) is 9.97 Å². The standard InChI is InChI=1S/C25H22ClFN4O3/c26-18-10-6-8-15-7-5-9-16(20(15)18)22-21(27)23-17(13-28-22)24(31-11-3-1-2-4-12-31)30-25(29-23)34-14-19(32)33/h5-10,13H,1-4,11-12,14H2,(H,32,33). The van der Waals surface area contributed by atoms with Crippen LogP contribution >= 0.6 is 11.6 Å². The van der Waals surface area contributed by atoms with E-state index < -0.39 is 18.4 Å². The van der Waals surface area contributed by atoms with Crippen molar-refractivity contribution < 1.29 is 19.0 Å². The zero-order valence-corrected chi connectivity index (χ0v) is 19.1. The van der Waals surface area contributed by atoms with Crippen molar-refractivity contribution in [1.29, 1.82) is 0 Å². The molecule has 0 aliphatic carbocycles. The summed E-state index contributed by atoms with van der Waals surface area (Å²) in [6.07, 6.45) is 5.77. The lowest BCUT2D eigenvalue weighted by Crippen LogP contribution is -2.26. The third kappa shape index (κ3) is 4.21. The molecular weight excluding hydrogens is 459 g/mol. The highest BCUT2D eigenvalue weighted by molar-refractivity contribution is 6.36. The molecule has 0 atom stereocenters. The Labute approximate surface area is 200 Å². The minimum atomic E-state index is -1.17. The highest BCUT2D eigenvalue weighted by atomic mass is 35.5. The zero-order valence-electron chi connectivity index (χ0n) is 18.3. The number of aromatic nitrogens is 3. The molecule has 9 heteroatoms. The highest BCUT2D eigenvalue weighted by Crippen LogP contribution is 2.37. The Balaban J connectivity index is 1.71. The van der Waals surface area contributed by atoms with Crippen LogP contribution in [0.3, 0.4) is 0 Å². The third-order valence-corrected chi connectivity index (χ3v) is 6.30. The van der Waals surface area contributed by atoms with Gasteiger partial charge in [-0.25, -0.2) is 9.18 Å². The number of pyridine rings is 1. The minimum absolute atomic E-state index is 0.0312. The molecule has 5 rings (SSSR count). The van der Waals surface area contributed by atoms with E-state index in [1.54, 1.807) is 18.3 Å². The van der Waals surface area contributed by atoms with Crippen LogP contribution in [0.15, 0.2) is 42.6 Å². The molecule has 1 fully saturated rings. The molecule has 0 saturated carbocycles. The van der Waals surface area contributed by atoms with Crippen LogP contribution in [-0.2, 0) is 4.79 Å². The summed E-state index contributed by atoms with van der Waals surface area (Å²) in [5.41, 5.74) is 0.685. The Hall–Kier alpha value is -3.52. The molecule has 3 heterocycles. The molecule has 174 valence electrons. The highest BCUT2D eigenvalue weighted by Gasteiger charge is 2.23. The van der Waals surface area contributed by atoms with Gasteiger partial charge < -0.3 is 14.7 Å². The number of fused-ring (bicyclic) bond motifs is 2.